The number of nitrogens with zero attached hydrogens (tertiary/aromatic N) is 3. The number of hydrogen-bond acceptors (Lipinski definition) is 5. The van der Waals surface area contributed by atoms with Gasteiger partial charge in [-0.1, -0.05) is 6.92 Å². The van der Waals surface area contributed by atoms with Crippen LogP contribution in [-0.4, -0.2) is 48.6 Å². The second-order valence-corrected chi connectivity index (χ2v) is 5.81. The van der Waals surface area contributed by atoms with Crippen molar-refractivity contribution in [1.82, 2.24) is 9.88 Å². The van der Waals surface area contributed by atoms with Crippen LogP contribution in [0.5, 0.6) is 0 Å². The lowest BCUT2D eigenvalue weighted by Crippen LogP contribution is -2.49. The number of thiazole rings is 1. The highest BCUT2D eigenvalue weighted by molar-refractivity contribution is 7.13. The molecule has 0 bridgehead atoms. The lowest BCUT2D eigenvalue weighted by atomic mass is 10.0. The first-order valence-electron chi connectivity index (χ1n) is 6.29. The largest absolute Gasteiger partial charge is 0.346 e. The second kappa shape index (κ2) is 5.80. The molecule has 1 aliphatic rings. The van der Waals surface area contributed by atoms with Gasteiger partial charge in [-0.2, -0.15) is 0 Å². The smallest absolute Gasteiger partial charge is 0.185 e. The fourth-order valence-corrected chi connectivity index (χ4v) is 2.76. The Kier molecular flexibility index (Phi) is 4.36. The molecular formula is C12H22N4S. The van der Waals surface area contributed by atoms with E-state index in [1.165, 1.54) is 0 Å². The van der Waals surface area contributed by atoms with Crippen LogP contribution in [0.4, 0.5) is 5.13 Å². The number of aromatic nitrogens is 1. The van der Waals surface area contributed by atoms with Gasteiger partial charge in [0.2, 0.25) is 0 Å². The van der Waals surface area contributed by atoms with Crippen LogP contribution in [0.25, 0.3) is 0 Å². The quantitative estimate of drug-likeness (QED) is 0.878. The van der Waals surface area contributed by atoms with Gasteiger partial charge in [0, 0.05) is 50.3 Å². The van der Waals surface area contributed by atoms with Gasteiger partial charge < -0.3 is 10.6 Å². The monoisotopic (exact) mass is 254 g/mol. The Labute approximate surface area is 107 Å². The van der Waals surface area contributed by atoms with Crippen LogP contribution >= 0.6 is 11.3 Å². The lowest BCUT2D eigenvalue weighted by molar-refractivity contribution is 0.214. The maximum absolute atomic E-state index is 5.91. The van der Waals surface area contributed by atoms with E-state index >= 15 is 0 Å². The molecule has 0 spiro atoms. The third kappa shape index (κ3) is 3.40. The Hall–Kier alpha value is -0.650. The van der Waals surface area contributed by atoms with E-state index in [9.17, 15) is 0 Å². The van der Waals surface area contributed by atoms with Crippen molar-refractivity contribution in [3.8, 4) is 0 Å². The average Bonchev–Trinajstić information content (AvgIpc) is 2.83. The first-order chi connectivity index (χ1) is 8.16. The molecule has 1 aliphatic heterocycles. The fraction of sp³-hybridized carbons (Fsp3) is 0.750. The third-order valence-electron chi connectivity index (χ3n) is 3.51. The molecule has 5 heteroatoms. The molecule has 4 nitrogen and oxygen atoms in total. The molecule has 2 heterocycles. The van der Waals surface area contributed by atoms with Crippen LogP contribution in [0.1, 0.15) is 13.8 Å². The zero-order chi connectivity index (χ0) is 12.3. The van der Waals surface area contributed by atoms with Crippen molar-refractivity contribution in [2.75, 3.05) is 37.6 Å². The summed E-state index contributed by atoms with van der Waals surface area (Å²) in [6.07, 6.45) is 1.88. The number of piperazine rings is 1. The summed E-state index contributed by atoms with van der Waals surface area (Å²) in [4.78, 5) is 9.24. The SMILES string of the molecule is CC(N)C(C)CN1CCN(c2nccs2)CC1. The first kappa shape index (κ1) is 12.8. The van der Waals surface area contributed by atoms with Crippen molar-refractivity contribution >= 4 is 16.5 Å². The fourth-order valence-electron chi connectivity index (χ4n) is 2.07. The Morgan fingerprint density at radius 2 is 2.06 bits per heavy atom. The lowest BCUT2D eigenvalue weighted by Gasteiger charge is -2.36. The summed E-state index contributed by atoms with van der Waals surface area (Å²) in [6.45, 7) is 9.85. The summed E-state index contributed by atoms with van der Waals surface area (Å²) < 4.78 is 0. The molecule has 0 saturated carbocycles. The highest BCUT2D eigenvalue weighted by Crippen LogP contribution is 2.19. The van der Waals surface area contributed by atoms with Gasteiger partial charge in [0.05, 0.1) is 0 Å². The van der Waals surface area contributed by atoms with Crippen LogP contribution in [0, 0.1) is 5.92 Å². The summed E-state index contributed by atoms with van der Waals surface area (Å²) in [5.41, 5.74) is 5.91. The maximum atomic E-state index is 5.91. The highest BCUT2D eigenvalue weighted by Gasteiger charge is 2.20. The molecule has 1 fully saturated rings. The molecule has 96 valence electrons. The molecule has 0 aromatic carbocycles. The number of anilines is 1. The van der Waals surface area contributed by atoms with Gasteiger partial charge in [-0.05, 0) is 12.8 Å². The van der Waals surface area contributed by atoms with E-state index in [1.807, 2.05) is 11.6 Å². The Morgan fingerprint density at radius 1 is 1.35 bits per heavy atom. The summed E-state index contributed by atoms with van der Waals surface area (Å²) in [5.74, 6) is 0.571. The minimum atomic E-state index is 0.284. The number of hydrogen-bond donors (Lipinski definition) is 1. The Balaban J connectivity index is 1.78. The van der Waals surface area contributed by atoms with E-state index in [4.69, 9.17) is 5.73 Å². The molecule has 0 amide bonds. The summed E-state index contributed by atoms with van der Waals surface area (Å²) in [6, 6.07) is 0.284. The normalized spacial score (nSPS) is 21.5. The van der Waals surface area contributed by atoms with Gasteiger partial charge in [-0.15, -0.1) is 11.3 Å². The summed E-state index contributed by atoms with van der Waals surface area (Å²) in [7, 11) is 0. The predicted molar refractivity (Wildman–Crippen MR) is 73.6 cm³/mol. The van der Waals surface area contributed by atoms with Gasteiger partial charge in [-0.25, -0.2) is 4.98 Å². The van der Waals surface area contributed by atoms with Gasteiger partial charge in [0.1, 0.15) is 0 Å². The third-order valence-corrected chi connectivity index (χ3v) is 4.34. The Morgan fingerprint density at radius 3 is 2.59 bits per heavy atom. The molecule has 0 aliphatic carbocycles. The molecular weight excluding hydrogens is 232 g/mol. The molecule has 2 rings (SSSR count). The number of rotatable bonds is 4. The number of nitrogens with two attached hydrogens (primary N) is 1. The zero-order valence-electron chi connectivity index (χ0n) is 10.7. The van der Waals surface area contributed by atoms with Crippen LogP contribution in [0.2, 0.25) is 0 Å². The van der Waals surface area contributed by atoms with E-state index in [1.54, 1.807) is 11.3 Å². The molecule has 0 radical (unpaired) electrons. The minimum absolute atomic E-state index is 0.284. The molecule has 2 atom stereocenters. The zero-order valence-corrected chi connectivity index (χ0v) is 11.5. The van der Waals surface area contributed by atoms with Gasteiger partial charge in [0.15, 0.2) is 5.13 Å². The Bertz CT molecular complexity index is 317. The maximum Gasteiger partial charge on any atom is 0.185 e. The van der Waals surface area contributed by atoms with Gasteiger partial charge >= 0.3 is 0 Å². The summed E-state index contributed by atoms with van der Waals surface area (Å²) >= 11 is 1.73. The molecule has 1 aromatic rings. The van der Waals surface area contributed by atoms with Crippen molar-refractivity contribution in [2.24, 2.45) is 11.7 Å². The standard InChI is InChI=1S/C12H22N4S/c1-10(11(2)13)9-15-4-6-16(7-5-15)12-14-3-8-17-12/h3,8,10-11H,4-7,9,13H2,1-2H3. The van der Waals surface area contributed by atoms with Crippen LogP contribution < -0.4 is 10.6 Å². The van der Waals surface area contributed by atoms with Crippen molar-refractivity contribution in [3.63, 3.8) is 0 Å². The molecule has 1 saturated heterocycles. The highest BCUT2D eigenvalue weighted by atomic mass is 32.1. The molecule has 2 unspecified atom stereocenters. The average molecular weight is 254 g/mol. The van der Waals surface area contributed by atoms with Crippen LogP contribution in [0.3, 0.4) is 0 Å². The van der Waals surface area contributed by atoms with Crippen molar-refractivity contribution in [2.45, 2.75) is 19.9 Å². The van der Waals surface area contributed by atoms with Crippen molar-refractivity contribution in [3.05, 3.63) is 11.6 Å². The van der Waals surface area contributed by atoms with E-state index in [-0.39, 0.29) is 6.04 Å². The van der Waals surface area contributed by atoms with E-state index in [0.29, 0.717) is 5.92 Å². The van der Waals surface area contributed by atoms with Gasteiger partial charge in [-0.3, -0.25) is 4.90 Å². The first-order valence-corrected chi connectivity index (χ1v) is 7.17. The van der Waals surface area contributed by atoms with E-state index < -0.39 is 0 Å². The molecule has 2 N–H and O–H groups in total. The van der Waals surface area contributed by atoms with E-state index in [2.05, 4.69) is 28.6 Å². The van der Waals surface area contributed by atoms with Gasteiger partial charge in [0.25, 0.3) is 0 Å². The minimum Gasteiger partial charge on any atom is -0.346 e. The topological polar surface area (TPSA) is 45.4 Å². The van der Waals surface area contributed by atoms with Crippen molar-refractivity contribution < 1.29 is 0 Å². The second-order valence-electron chi connectivity index (χ2n) is 4.94. The predicted octanol–water partition coefficient (Wildman–Crippen LogP) is 1.25. The van der Waals surface area contributed by atoms with Crippen LogP contribution in [0.15, 0.2) is 11.6 Å². The molecule has 1 aromatic heterocycles. The van der Waals surface area contributed by atoms with Crippen molar-refractivity contribution in [1.29, 1.82) is 0 Å². The van der Waals surface area contributed by atoms with E-state index in [0.717, 1.165) is 37.9 Å². The summed E-state index contributed by atoms with van der Waals surface area (Å²) in [5, 5.41) is 3.20. The molecule has 17 heavy (non-hydrogen) atoms. The van der Waals surface area contributed by atoms with Crippen LogP contribution in [-0.2, 0) is 0 Å².